The predicted octanol–water partition coefficient (Wildman–Crippen LogP) is 4.15. The zero-order valence-corrected chi connectivity index (χ0v) is 12.7. The van der Waals surface area contributed by atoms with Crippen molar-refractivity contribution in [1.82, 2.24) is 5.32 Å². The predicted molar refractivity (Wildman–Crippen MR) is 77.4 cm³/mol. The zero-order chi connectivity index (χ0) is 13.6. The molecule has 0 radical (unpaired) electrons. The minimum absolute atomic E-state index is 0.213. The molecule has 106 valence electrons. The van der Waals surface area contributed by atoms with Gasteiger partial charge in [-0.1, -0.05) is 46.5 Å². The van der Waals surface area contributed by atoms with Crippen LogP contribution in [-0.2, 0) is 4.79 Å². The highest BCUT2D eigenvalue weighted by Gasteiger charge is 2.26. The molecule has 1 atom stereocenters. The lowest BCUT2D eigenvalue weighted by Crippen LogP contribution is -2.33. The van der Waals surface area contributed by atoms with Gasteiger partial charge in [0.05, 0.1) is 0 Å². The first kappa shape index (κ1) is 15.5. The Morgan fingerprint density at radius 3 is 2.39 bits per heavy atom. The van der Waals surface area contributed by atoms with E-state index in [-0.39, 0.29) is 17.2 Å². The topological polar surface area (TPSA) is 29.1 Å². The number of amides is 1. The van der Waals surface area contributed by atoms with E-state index in [1.807, 2.05) is 6.92 Å². The molecule has 1 N–H and O–H groups in total. The summed E-state index contributed by atoms with van der Waals surface area (Å²) >= 11 is 0. The van der Waals surface area contributed by atoms with Gasteiger partial charge in [-0.15, -0.1) is 0 Å². The molecule has 0 aromatic carbocycles. The number of hydrogen-bond donors (Lipinski definition) is 1. The quantitative estimate of drug-likeness (QED) is 0.757. The van der Waals surface area contributed by atoms with Gasteiger partial charge in [-0.3, -0.25) is 4.79 Å². The van der Waals surface area contributed by atoms with Crippen molar-refractivity contribution in [2.75, 3.05) is 6.54 Å². The lowest BCUT2D eigenvalue weighted by molar-refractivity contribution is -0.126. The van der Waals surface area contributed by atoms with Crippen molar-refractivity contribution in [3.8, 4) is 0 Å². The molecule has 1 rings (SSSR count). The Labute approximate surface area is 113 Å². The molecule has 1 aliphatic carbocycles. The third-order valence-electron chi connectivity index (χ3n) is 3.98. The molecule has 0 heterocycles. The van der Waals surface area contributed by atoms with Gasteiger partial charge in [0.2, 0.25) is 5.91 Å². The van der Waals surface area contributed by atoms with E-state index in [0.29, 0.717) is 0 Å². The summed E-state index contributed by atoms with van der Waals surface area (Å²) in [6, 6.07) is 0. The molecule has 0 aromatic rings. The second kappa shape index (κ2) is 7.16. The summed E-state index contributed by atoms with van der Waals surface area (Å²) in [6.45, 7) is 9.45. The van der Waals surface area contributed by atoms with Crippen molar-refractivity contribution in [3.63, 3.8) is 0 Å². The molecule has 0 aromatic heterocycles. The molecular formula is C16H31NO. The minimum atomic E-state index is 0.213. The molecule has 18 heavy (non-hydrogen) atoms. The molecule has 0 aliphatic heterocycles. The highest BCUT2D eigenvalue weighted by atomic mass is 16.1. The number of carbonyl (C=O) groups is 1. The van der Waals surface area contributed by atoms with E-state index in [1.54, 1.807) is 0 Å². The van der Waals surface area contributed by atoms with Crippen molar-refractivity contribution in [1.29, 1.82) is 0 Å². The SMILES string of the molecule is CCNC(=O)C(CCC1CCCC1)CC(C)(C)C. The average Bonchev–Trinajstić information content (AvgIpc) is 2.75. The number of rotatable bonds is 6. The summed E-state index contributed by atoms with van der Waals surface area (Å²) in [4.78, 5) is 12.1. The van der Waals surface area contributed by atoms with E-state index < -0.39 is 0 Å². The molecule has 2 nitrogen and oxygen atoms in total. The summed E-state index contributed by atoms with van der Waals surface area (Å²) in [5.74, 6) is 1.37. The Morgan fingerprint density at radius 1 is 1.28 bits per heavy atom. The van der Waals surface area contributed by atoms with Crippen LogP contribution < -0.4 is 5.32 Å². The largest absolute Gasteiger partial charge is 0.356 e. The lowest BCUT2D eigenvalue weighted by atomic mass is 9.81. The van der Waals surface area contributed by atoms with Gasteiger partial charge in [0.25, 0.3) is 0 Å². The Morgan fingerprint density at radius 2 is 1.89 bits per heavy atom. The van der Waals surface area contributed by atoms with Crippen LogP contribution in [0.4, 0.5) is 0 Å². The molecule has 0 spiro atoms. The van der Waals surface area contributed by atoms with Crippen LogP contribution in [0.3, 0.4) is 0 Å². The summed E-state index contributed by atoms with van der Waals surface area (Å²) in [5, 5.41) is 3.00. The molecule has 1 fully saturated rings. The molecule has 1 unspecified atom stereocenters. The molecular weight excluding hydrogens is 222 g/mol. The summed E-state index contributed by atoms with van der Waals surface area (Å²) < 4.78 is 0. The van der Waals surface area contributed by atoms with Gasteiger partial charge in [-0.2, -0.15) is 0 Å². The van der Waals surface area contributed by atoms with Crippen molar-refractivity contribution in [2.45, 2.75) is 72.6 Å². The van der Waals surface area contributed by atoms with Crippen LogP contribution in [0.25, 0.3) is 0 Å². The monoisotopic (exact) mass is 253 g/mol. The first-order valence-corrected chi connectivity index (χ1v) is 7.70. The fraction of sp³-hybridized carbons (Fsp3) is 0.938. The van der Waals surface area contributed by atoms with Crippen molar-refractivity contribution in [2.24, 2.45) is 17.3 Å². The van der Waals surface area contributed by atoms with Crippen LogP contribution in [0.2, 0.25) is 0 Å². The number of hydrogen-bond acceptors (Lipinski definition) is 1. The first-order chi connectivity index (χ1) is 8.42. The highest BCUT2D eigenvalue weighted by Crippen LogP contribution is 2.33. The van der Waals surface area contributed by atoms with E-state index in [0.717, 1.165) is 25.3 Å². The third-order valence-corrected chi connectivity index (χ3v) is 3.98. The van der Waals surface area contributed by atoms with Gasteiger partial charge >= 0.3 is 0 Å². The van der Waals surface area contributed by atoms with E-state index >= 15 is 0 Å². The maximum Gasteiger partial charge on any atom is 0.223 e. The summed E-state index contributed by atoms with van der Waals surface area (Å²) in [6.07, 6.45) is 8.90. The van der Waals surface area contributed by atoms with Gasteiger partial charge < -0.3 is 5.32 Å². The summed E-state index contributed by atoms with van der Waals surface area (Å²) in [5.41, 5.74) is 0.241. The summed E-state index contributed by atoms with van der Waals surface area (Å²) in [7, 11) is 0. The second-order valence-electron chi connectivity index (χ2n) is 7.08. The van der Waals surface area contributed by atoms with Gasteiger partial charge in [0.1, 0.15) is 0 Å². The van der Waals surface area contributed by atoms with Gasteiger partial charge in [-0.25, -0.2) is 0 Å². The average molecular weight is 253 g/mol. The molecule has 1 aliphatic rings. The number of nitrogens with one attached hydrogen (secondary N) is 1. The van der Waals surface area contributed by atoms with E-state index in [9.17, 15) is 4.79 Å². The molecule has 0 bridgehead atoms. The lowest BCUT2D eigenvalue weighted by Gasteiger charge is -2.26. The maximum atomic E-state index is 12.1. The molecule has 2 heteroatoms. The Hall–Kier alpha value is -0.530. The zero-order valence-electron chi connectivity index (χ0n) is 12.7. The fourth-order valence-corrected chi connectivity index (χ4v) is 3.12. The standard InChI is InChI=1S/C16H31NO/c1-5-17-15(18)14(12-16(2,3)4)11-10-13-8-6-7-9-13/h13-14H,5-12H2,1-4H3,(H,17,18). The van der Waals surface area contributed by atoms with Crippen LogP contribution >= 0.6 is 0 Å². The third kappa shape index (κ3) is 5.88. The molecule has 0 saturated heterocycles. The fourth-order valence-electron chi connectivity index (χ4n) is 3.12. The van der Waals surface area contributed by atoms with Crippen molar-refractivity contribution >= 4 is 5.91 Å². The van der Waals surface area contributed by atoms with Crippen LogP contribution in [0.1, 0.15) is 72.6 Å². The normalized spacial score (nSPS) is 18.9. The maximum absolute atomic E-state index is 12.1. The number of carbonyl (C=O) groups excluding carboxylic acids is 1. The van der Waals surface area contributed by atoms with Crippen LogP contribution in [0, 0.1) is 17.3 Å². The molecule has 1 amide bonds. The smallest absolute Gasteiger partial charge is 0.223 e. The van der Waals surface area contributed by atoms with Crippen LogP contribution in [0.15, 0.2) is 0 Å². The minimum Gasteiger partial charge on any atom is -0.356 e. The van der Waals surface area contributed by atoms with Crippen molar-refractivity contribution in [3.05, 3.63) is 0 Å². The Balaban J connectivity index is 2.45. The van der Waals surface area contributed by atoms with Gasteiger partial charge in [0, 0.05) is 12.5 Å². The van der Waals surface area contributed by atoms with E-state index in [4.69, 9.17) is 0 Å². The van der Waals surface area contributed by atoms with E-state index in [1.165, 1.54) is 32.1 Å². The van der Waals surface area contributed by atoms with Crippen LogP contribution in [-0.4, -0.2) is 12.5 Å². The van der Waals surface area contributed by atoms with Crippen molar-refractivity contribution < 1.29 is 4.79 Å². The second-order valence-corrected chi connectivity index (χ2v) is 7.08. The highest BCUT2D eigenvalue weighted by molar-refractivity contribution is 5.78. The first-order valence-electron chi connectivity index (χ1n) is 7.70. The Kier molecular flexibility index (Phi) is 6.17. The Bertz CT molecular complexity index is 248. The van der Waals surface area contributed by atoms with Gasteiger partial charge in [0.15, 0.2) is 0 Å². The van der Waals surface area contributed by atoms with Crippen LogP contribution in [0.5, 0.6) is 0 Å². The molecule has 1 saturated carbocycles. The van der Waals surface area contributed by atoms with E-state index in [2.05, 4.69) is 26.1 Å². The van der Waals surface area contributed by atoms with Gasteiger partial charge in [-0.05, 0) is 37.5 Å².